The van der Waals surface area contributed by atoms with Gasteiger partial charge in [0.1, 0.15) is 0 Å². The first-order chi connectivity index (χ1) is 13.5. The molecule has 0 spiro atoms. The van der Waals surface area contributed by atoms with E-state index in [1.54, 1.807) is 24.3 Å². The number of nitrogens with one attached hydrogen (secondary N) is 1. The van der Waals surface area contributed by atoms with Crippen molar-refractivity contribution < 1.29 is 9.59 Å². The Balaban J connectivity index is 1.24. The molecule has 1 heterocycles. The van der Waals surface area contributed by atoms with Crippen LogP contribution in [0, 0.1) is 23.7 Å². The summed E-state index contributed by atoms with van der Waals surface area (Å²) in [6.07, 6.45) is 9.41. The van der Waals surface area contributed by atoms with Crippen LogP contribution in [0.3, 0.4) is 0 Å². The van der Waals surface area contributed by atoms with Crippen molar-refractivity contribution in [2.75, 3.05) is 13.1 Å². The Bertz CT molecular complexity index is 740. The van der Waals surface area contributed by atoms with Crippen LogP contribution in [0.1, 0.15) is 61.7 Å². The fourth-order valence-electron chi connectivity index (χ4n) is 6.78. The van der Waals surface area contributed by atoms with E-state index < -0.39 is 0 Å². The smallest absolute Gasteiger partial charge is 0.253 e. The maximum absolute atomic E-state index is 13.2. The van der Waals surface area contributed by atoms with Gasteiger partial charge in [-0.05, 0) is 93.4 Å². The molecular formula is C23H29ClN2O2. The number of hydrogen-bond donors (Lipinski definition) is 1. The first-order valence-electron chi connectivity index (χ1n) is 10.9. The third-order valence-corrected chi connectivity index (χ3v) is 7.85. The number of carbonyl (C=O) groups excluding carboxylic acids is 2. The molecule has 5 heteroatoms. The first kappa shape index (κ1) is 18.5. The van der Waals surface area contributed by atoms with E-state index >= 15 is 0 Å². The van der Waals surface area contributed by atoms with Gasteiger partial charge in [0.15, 0.2) is 0 Å². The molecule has 1 aromatic carbocycles. The van der Waals surface area contributed by atoms with Crippen LogP contribution < -0.4 is 5.32 Å². The highest BCUT2D eigenvalue weighted by Gasteiger charge is 2.52. The molecule has 2 amide bonds. The van der Waals surface area contributed by atoms with Crippen molar-refractivity contribution in [3.8, 4) is 0 Å². The molecule has 4 nitrogen and oxygen atoms in total. The number of piperidine rings is 1. The van der Waals surface area contributed by atoms with Crippen molar-refractivity contribution in [3.63, 3.8) is 0 Å². The van der Waals surface area contributed by atoms with Gasteiger partial charge in [-0.1, -0.05) is 11.6 Å². The molecule has 5 aliphatic rings. The summed E-state index contributed by atoms with van der Waals surface area (Å²) in [4.78, 5) is 27.8. The number of hydrogen-bond acceptors (Lipinski definition) is 2. The standard InChI is InChI=1S/C23H29ClN2O2/c24-20-5-3-18(4-6-20)22(28)26-7-1-2-19(14-26)21(27)25-23-11-15-8-16(12-23)10-17(9-15)13-23/h3-6,15-17,19H,1-2,7-14H2,(H,25,27). The van der Waals surface area contributed by atoms with Gasteiger partial charge in [0, 0.05) is 29.2 Å². The van der Waals surface area contributed by atoms with Crippen LogP contribution in [-0.4, -0.2) is 35.3 Å². The van der Waals surface area contributed by atoms with Gasteiger partial charge in [-0.2, -0.15) is 0 Å². The van der Waals surface area contributed by atoms with Crippen molar-refractivity contribution in [3.05, 3.63) is 34.9 Å². The lowest BCUT2D eigenvalue weighted by molar-refractivity contribution is -0.132. The molecule has 150 valence electrons. The summed E-state index contributed by atoms with van der Waals surface area (Å²) >= 11 is 5.94. The molecule has 1 saturated heterocycles. The highest BCUT2D eigenvalue weighted by Crippen LogP contribution is 2.55. The van der Waals surface area contributed by atoms with Crippen LogP contribution in [0.2, 0.25) is 5.02 Å². The molecular weight excluding hydrogens is 372 g/mol. The minimum absolute atomic E-state index is 0.00368. The summed E-state index contributed by atoms with van der Waals surface area (Å²) in [5.74, 6) is 2.56. The molecule has 1 atom stereocenters. The molecule has 5 fully saturated rings. The molecule has 4 saturated carbocycles. The number of carbonyl (C=O) groups is 2. The average Bonchev–Trinajstić information content (AvgIpc) is 2.67. The van der Waals surface area contributed by atoms with E-state index in [1.165, 1.54) is 38.5 Å². The van der Waals surface area contributed by atoms with Crippen molar-refractivity contribution in [1.82, 2.24) is 10.2 Å². The Morgan fingerprint density at radius 1 is 1.00 bits per heavy atom. The van der Waals surface area contributed by atoms with Gasteiger partial charge in [-0.15, -0.1) is 0 Å². The third kappa shape index (κ3) is 3.45. The van der Waals surface area contributed by atoms with Crippen molar-refractivity contribution in [2.24, 2.45) is 23.7 Å². The maximum Gasteiger partial charge on any atom is 0.253 e. The summed E-state index contributed by atoms with van der Waals surface area (Å²) in [5.41, 5.74) is 0.695. The van der Waals surface area contributed by atoms with Gasteiger partial charge in [-0.3, -0.25) is 9.59 Å². The van der Waals surface area contributed by atoms with Gasteiger partial charge in [0.05, 0.1) is 5.92 Å². The SMILES string of the molecule is O=C(NC12CC3CC(CC(C3)C1)C2)C1CCCN(C(=O)c2ccc(Cl)cc2)C1. The lowest BCUT2D eigenvalue weighted by Gasteiger charge is -2.57. The number of rotatable bonds is 3. The Kier molecular flexibility index (Phi) is 4.65. The van der Waals surface area contributed by atoms with Crippen molar-refractivity contribution >= 4 is 23.4 Å². The topological polar surface area (TPSA) is 49.4 Å². The van der Waals surface area contributed by atoms with E-state index in [2.05, 4.69) is 5.32 Å². The van der Waals surface area contributed by atoms with E-state index in [0.29, 0.717) is 17.1 Å². The van der Waals surface area contributed by atoms with E-state index in [4.69, 9.17) is 11.6 Å². The zero-order valence-corrected chi connectivity index (χ0v) is 17.1. The van der Waals surface area contributed by atoms with Crippen molar-refractivity contribution in [1.29, 1.82) is 0 Å². The zero-order valence-electron chi connectivity index (χ0n) is 16.3. The van der Waals surface area contributed by atoms with Crippen LogP contribution in [0.4, 0.5) is 0 Å². The van der Waals surface area contributed by atoms with E-state index in [0.717, 1.165) is 37.1 Å². The van der Waals surface area contributed by atoms with Crippen LogP contribution in [-0.2, 0) is 4.79 Å². The Morgan fingerprint density at radius 3 is 2.21 bits per heavy atom. The molecule has 0 aromatic heterocycles. The summed E-state index contributed by atoms with van der Waals surface area (Å²) in [6, 6.07) is 7.03. The number of halogens is 1. The van der Waals surface area contributed by atoms with Gasteiger partial charge in [-0.25, -0.2) is 0 Å². The molecule has 4 bridgehead atoms. The van der Waals surface area contributed by atoms with E-state index in [9.17, 15) is 9.59 Å². The van der Waals surface area contributed by atoms with Crippen LogP contribution in [0.25, 0.3) is 0 Å². The minimum Gasteiger partial charge on any atom is -0.350 e. The second kappa shape index (κ2) is 7.05. The average molecular weight is 401 g/mol. The second-order valence-corrected chi connectivity index (χ2v) is 10.2. The third-order valence-electron chi connectivity index (χ3n) is 7.60. The quantitative estimate of drug-likeness (QED) is 0.823. The molecule has 6 rings (SSSR count). The predicted molar refractivity (Wildman–Crippen MR) is 109 cm³/mol. The molecule has 1 unspecified atom stereocenters. The normalized spacial score (nSPS) is 36.4. The zero-order chi connectivity index (χ0) is 19.3. The lowest BCUT2D eigenvalue weighted by Crippen LogP contribution is -2.61. The minimum atomic E-state index is -0.0852. The highest BCUT2D eigenvalue weighted by atomic mass is 35.5. The summed E-state index contributed by atoms with van der Waals surface area (Å²) < 4.78 is 0. The number of amides is 2. The van der Waals surface area contributed by atoms with Crippen LogP contribution >= 0.6 is 11.6 Å². The Morgan fingerprint density at radius 2 is 1.61 bits per heavy atom. The van der Waals surface area contributed by atoms with E-state index in [1.807, 2.05) is 4.90 Å². The van der Waals surface area contributed by atoms with Crippen LogP contribution in [0.5, 0.6) is 0 Å². The monoisotopic (exact) mass is 400 g/mol. The number of benzene rings is 1. The Labute approximate surface area is 172 Å². The maximum atomic E-state index is 13.2. The fourth-order valence-corrected chi connectivity index (χ4v) is 6.90. The summed E-state index contributed by atoms with van der Waals surface area (Å²) in [5, 5.41) is 4.13. The Hall–Kier alpha value is -1.55. The van der Waals surface area contributed by atoms with E-state index in [-0.39, 0.29) is 23.3 Å². The van der Waals surface area contributed by atoms with Gasteiger partial charge in [0.25, 0.3) is 5.91 Å². The number of likely N-dealkylation sites (tertiary alicyclic amines) is 1. The van der Waals surface area contributed by atoms with Gasteiger partial charge in [0.2, 0.25) is 5.91 Å². The van der Waals surface area contributed by atoms with Gasteiger partial charge < -0.3 is 10.2 Å². The highest BCUT2D eigenvalue weighted by molar-refractivity contribution is 6.30. The molecule has 0 radical (unpaired) electrons. The number of nitrogens with zero attached hydrogens (tertiary/aromatic N) is 1. The largest absolute Gasteiger partial charge is 0.350 e. The second-order valence-electron chi connectivity index (χ2n) is 9.78. The predicted octanol–water partition coefficient (Wildman–Crippen LogP) is 4.28. The molecule has 1 aliphatic heterocycles. The molecule has 1 aromatic rings. The lowest BCUT2D eigenvalue weighted by atomic mass is 9.53. The first-order valence-corrected chi connectivity index (χ1v) is 11.2. The molecule has 4 aliphatic carbocycles. The van der Waals surface area contributed by atoms with Crippen molar-refractivity contribution in [2.45, 2.75) is 56.9 Å². The summed E-state index contributed by atoms with van der Waals surface area (Å²) in [6.45, 7) is 1.25. The molecule has 28 heavy (non-hydrogen) atoms. The summed E-state index contributed by atoms with van der Waals surface area (Å²) in [7, 11) is 0. The van der Waals surface area contributed by atoms with Gasteiger partial charge >= 0.3 is 0 Å². The van der Waals surface area contributed by atoms with Crippen LogP contribution in [0.15, 0.2) is 24.3 Å². The molecule has 1 N–H and O–H groups in total. The fraction of sp³-hybridized carbons (Fsp3) is 0.652.